The normalized spacial score (nSPS) is 9.95. The fraction of sp³-hybridized carbons (Fsp3) is 0.133. The van der Waals surface area contributed by atoms with Gasteiger partial charge in [-0.05, 0) is 42.3 Å². The second kappa shape index (κ2) is 5.91. The summed E-state index contributed by atoms with van der Waals surface area (Å²) < 4.78 is 0. The number of primary amides is 1. The van der Waals surface area contributed by atoms with E-state index in [1.807, 2.05) is 36.4 Å². The van der Waals surface area contributed by atoms with Crippen LogP contribution in [0.25, 0.3) is 0 Å². The molecule has 4 heteroatoms. The molecule has 98 valence electrons. The molecule has 0 aliphatic rings. The second-order valence-corrected chi connectivity index (χ2v) is 4.35. The van der Waals surface area contributed by atoms with E-state index >= 15 is 0 Å². The number of nitrogens with two attached hydrogens (primary N) is 1. The molecular formula is C15H17N3O. The minimum atomic E-state index is -0.555. The van der Waals surface area contributed by atoms with Crippen molar-refractivity contribution in [3.05, 3.63) is 59.7 Å². The van der Waals surface area contributed by atoms with Crippen molar-refractivity contribution in [2.75, 3.05) is 10.6 Å². The van der Waals surface area contributed by atoms with E-state index in [1.54, 1.807) is 0 Å². The van der Waals surface area contributed by atoms with E-state index in [2.05, 4.69) is 29.7 Å². The third kappa shape index (κ3) is 3.74. The molecule has 0 aliphatic heterocycles. The Morgan fingerprint density at radius 1 is 1.05 bits per heavy atom. The third-order valence-electron chi connectivity index (χ3n) is 2.90. The van der Waals surface area contributed by atoms with Gasteiger partial charge in [0.25, 0.3) is 0 Å². The van der Waals surface area contributed by atoms with Crippen LogP contribution in [0.15, 0.2) is 48.5 Å². The lowest BCUT2D eigenvalue weighted by Gasteiger charge is -2.09. The van der Waals surface area contributed by atoms with Crippen LogP contribution in [-0.2, 0) is 6.54 Å². The Hall–Kier alpha value is -2.49. The van der Waals surface area contributed by atoms with E-state index in [4.69, 9.17) is 5.73 Å². The Labute approximate surface area is 112 Å². The van der Waals surface area contributed by atoms with E-state index < -0.39 is 6.03 Å². The lowest BCUT2D eigenvalue weighted by molar-refractivity contribution is 0.259. The molecular weight excluding hydrogens is 238 g/mol. The molecule has 0 saturated heterocycles. The summed E-state index contributed by atoms with van der Waals surface area (Å²) in [6.45, 7) is 2.87. The molecule has 0 fully saturated rings. The molecule has 0 aromatic heterocycles. The maximum atomic E-state index is 10.7. The topological polar surface area (TPSA) is 67.2 Å². The van der Waals surface area contributed by atoms with Crippen molar-refractivity contribution >= 4 is 17.4 Å². The highest BCUT2D eigenvalue weighted by molar-refractivity contribution is 5.87. The van der Waals surface area contributed by atoms with E-state index in [0.29, 0.717) is 5.69 Å². The van der Waals surface area contributed by atoms with Crippen molar-refractivity contribution in [1.29, 1.82) is 0 Å². The zero-order valence-corrected chi connectivity index (χ0v) is 10.8. The highest BCUT2D eigenvalue weighted by atomic mass is 16.2. The number of rotatable bonds is 4. The summed E-state index contributed by atoms with van der Waals surface area (Å²) in [5.74, 6) is 0. The third-order valence-corrected chi connectivity index (χ3v) is 2.90. The summed E-state index contributed by atoms with van der Waals surface area (Å²) in [6, 6.07) is 15.1. The van der Waals surface area contributed by atoms with E-state index in [0.717, 1.165) is 12.2 Å². The summed E-state index contributed by atoms with van der Waals surface area (Å²) >= 11 is 0. The van der Waals surface area contributed by atoms with Crippen LogP contribution in [0.4, 0.5) is 16.2 Å². The lowest BCUT2D eigenvalue weighted by atomic mass is 10.1. The molecule has 2 amide bonds. The Morgan fingerprint density at radius 2 is 1.68 bits per heavy atom. The zero-order chi connectivity index (χ0) is 13.7. The molecule has 0 radical (unpaired) electrons. The zero-order valence-electron chi connectivity index (χ0n) is 10.8. The molecule has 0 unspecified atom stereocenters. The predicted molar refractivity (Wildman–Crippen MR) is 78.2 cm³/mol. The first-order chi connectivity index (χ1) is 9.15. The molecule has 0 saturated carbocycles. The molecule has 0 atom stereocenters. The van der Waals surface area contributed by atoms with Crippen LogP contribution in [0.3, 0.4) is 0 Å². The van der Waals surface area contributed by atoms with Gasteiger partial charge in [0.15, 0.2) is 0 Å². The van der Waals surface area contributed by atoms with Crippen molar-refractivity contribution in [1.82, 2.24) is 0 Å². The summed E-state index contributed by atoms with van der Waals surface area (Å²) in [7, 11) is 0. The lowest BCUT2D eigenvalue weighted by Crippen LogP contribution is -2.19. The van der Waals surface area contributed by atoms with Crippen molar-refractivity contribution in [2.24, 2.45) is 5.73 Å². The summed E-state index contributed by atoms with van der Waals surface area (Å²) in [4.78, 5) is 10.7. The molecule has 4 nitrogen and oxygen atoms in total. The van der Waals surface area contributed by atoms with Gasteiger partial charge in [0, 0.05) is 17.9 Å². The van der Waals surface area contributed by atoms with Crippen LogP contribution in [-0.4, -0.2) is 6.03 Å². The van der Waals surface area contributed by atoms with Crippen LogP contribution in [0.1, 0.15) is 11.1 Å². The molecule has 19 heavy (non-hydrogen) atoms. The van der Waals surface area contributed by atoms with Gasteiger partial charge in [-0.2, -0.15) is 0 Å². The average molecular weight is 255 g/mol. The van der Waals surface area contributed by atoms with Gasteiger partial charge in [0.05, 0.1) is 0 Å². The molecule has 0 spiro atoms. The fourth-order valence-corrected chi connectivity index (χ4v) is 1.82. The van der Waals surface area contributed by atoms with Gasteiger partial charge < -0.3 is 16.4 Å². The molecule has 0 bridgehead atoms. The monoisotopic (exact) mass is 255 g/mol. The van der Waals surface area contributed by atoms with Gasteiger partial charge in [0.2, 0.25) is 0 Å². The van der Waals surface area contributed by atoms with Gasteiger partial charge in [0.1, 0.15) is 0 Å². The maximum Gasteiger partial charge on any atom is 0.316 e. The van der Waals surface area contributed by atoms with Gasteiger partial charge in [-0.25, -0.2) is 4.79 Å². The number of carbonyl (C=O) groups is 1. The number of hydrogen-bond acceptors (Lipinski definition) is 2. The SMILES string of the molecule is Cc1ccccc1CNc1ccc(NC(N)=O)cc1. The van der Waals surface area contributed by atoms with Crippen molar-refractivity contribution < 1.29 is 4.79 Å². The Morgan fingerprint density at radius 3 is 2.32 bits per heavy atom. The average Bonchev–Trinajstić information content (AvgIpc) is 2.39. The number of nitrogens with one attached hydrogen (secondary N) is 2. The quantitative estimate of drug-likeness (QED) is 0.785. The maximum absolute atomic E-state index is 10.7. The first kappa shape index (κ1) is 13.0. The molecule has 2 rings (SSSR count). The number of carbonyl (C=O) groups excluding carboxylic acids is 1. The summed E-state index contributed by atoms with van der Waals surface area (Å²) in [5.41, 5.74) is 9.27. The van der Waals surface area contributed by atoms with E-state index in [-0.39, 0.29) is 0 Å². The van der Waals surface area contributed by atoms with Crippen LogP contribution in [0, 0.1) is 6.92 Å². The molecule has 4 N–H and O–H groups in total. The Bertz CT molecular complexity index is 564. The highest BCUT2D eigenvalue weighted by Crippen LogP contribution is 2.15. The number of aryl methyl sites for hydroxylation is 1. The standard InChI is InChI=1S/C15H17N3O/c1-11-4-2-3-5-12(11)10-17-13-6-8-14(9-7-13)18-15(16)19/h2-9,17H,10H2,1H3,(H3,16,18,19). The second-order valence-electron chi connectivity index (χ2n) is 4.35. The molecule has 2 aromatic rings. The van der Waals surface area contributed by atoms with Crippen LogP contribution in [0.2, 0.25) is 0 Å². The van der Waals surface area contributed by atoms with Crippen LogP contribution < -0.4 is 16.4 Å². The smallest absolute Gasteiger partial charge is 0.316 e. The van der Waals surface area contributed by atoms with E-state index in [9.17, 15) is 4.79 Å². The van der Waals surface area contributed by atoms with E-state index in [1.165, 1.54) is 11.1 Å². The number of benzene rings is 2. The molecule has 0 heterocycles. The van der Waals surface area contributed by atoms with Gasteiger partial charge in [-0.1, -0.05) is 24.3 Å². The summed E-state index contributed by atoms with van der Waals surface area (Å²) in [5, 5.41) is 5.86. The minimum absolute atomic E-state index is 0.555. The minimum Gasteiger partial charge on any atom is -0.381 e. The van der Waals surface area contributed by atoms with Crippen molar-refractivity contribution in [2.45, 2.75) is 13.5 Å². The molecule has 0 aliphatic carbocycles. The highest BCUT2D eigenvalue weighted by Gasteiger charge is 1.99. The number of amides is 2. The van der Waals surface area contributed by atoms with Gasteiger partial charge in [-0.3, -0.25) is 0 Å². The fourth-order valence-electron chi connectivity index (χ4n) is 1.82. The largest absolute Gasteiger partial charge is 0.381 e. The van der Waals surface area contributed by atoms with Crippen molar-refractivity contribution in [3.8, 4) is 0 Å². The van der Waals surface area contributed by atoms with Crippen molar-refractivity contribution in [3.63, 3.8) is 0 Å². The molecule has 2 aromatic carbocycles. The van der Waals surface area contributed by atoms with Gasteiger partial charge in [-0.15, -0.1) is 0 Å². The number of hydrogen-bond donors (Lipinski definition) is 3. The number of anilines is 2. The summed E-state index contributed by atoms with van der Waals surface area (Å²) in [6.07, 6.45) is 0. The van der Waals surface area contributed by atoms with Crippen LogP contribution >= 0.6 is 0 Å². The Balaban J connectivity index is 1.97. The van der Waals surface area contributed by atoms with Gasteiger partial charge >= 0.3 is 6.03 Å². The first-order valence-electron chi connectivity index (χ1n) is 6.10. The Kier molecular flexibility index (Phi) is 4.03. The van der Waals surface area contributed by atoms with Crippen LogP contribution in [0.5, 0.6) is 0 Å². The number of urea groups is 1. The predicted octanol–water partition coefficient (Wildman–Crippen LogP) is 3.10. The first-order valence-corrected chi connectivity index (χ1v) is 6.10.